The van der Waals surface area contributed by atoms with Gasteiger partial charge in [-0.2, -0.15) is 0 Å². The zero-order valence-electron chi connectivity index (χ0n) is 17.5. The fourth-order valence-electron chi connectivity index (χ4n) is 3.97. The average Bonchev–Trinajstić information content (AvgIpc) is 3.34. The molecule has 4 rings (SSSR count). The number of ether oxygens (including phenoxy) is 1. The van der Waals surface area contributed by atoms with Crippen LogP contribution in [0.25, 0.3) is 11.3 Å². The first-order valence-electron chi connectivity index (χ1n) is 10.7. The first-order valence-corrected chi connectivity index (χ1v) is 10.7. The van der Waals surface area contributed by atoms with Crippen LogP contribution in [0.4, 0.5) is 5.69 Å². The van der Waals surface area contributed by atoms with Crippen LogP contribution in [0.15, 0.2) is 71.3 Å². The summed E-state index contributed by atoms with van der Waals surface area (Å²) >= 11 is 0. The number of carbonyl (C=O) groups is 1. The van der Waals surface area contributed by atoms with Gasteiger partial charge in [-0.3, -0.25) is 9.69 Å². The van der Waals surface area contributed by atoms with Crippen LogP contribution >= 0.6 is 0 Å². The highest BCUT2D eigenvalue weighted by atomic mass is 16.5. The molecule has 1 aromatic heterocycles. The number of aliphatic hydroxyl groups excluding tert-OH is 1. The van der Waals surface area contributed by atoms with Crippen LogP contribution in [0.2, 0.25) is 0 Å². The zero-order valence-corrected chi connectivity index (χ0v) is 17.5. The van der Waals surface area contributed by atoms with Crippen molar-refractivity contribution in [3.63, 3.8) is 0 Å². The van der Waals surface area contributed by atoms with Gasteiger partial charge in [0.25, 0.3) is 0 Å². The van der Waals surface area contributed by atoms with E-state index in [1.54, 1.807) is 6.26 Å². The molecule has 0 radical (unpaired) electrons. The van der Waals surface area contributed by atoms with Crippen molar-refractivity contribution in [2.75, 3.05) is 31.6 Å². The molecule has 2 heterocycles. The van der Waals surface area contributed by atoms with E-state index in [4.69, 9.17) is 14.3 Å². The third-order valence-corrected chi connectivity index (χ3v) is 5.50. The first kappa shape index (κ1) is 21.2. The molecule has 0 aliphatic carbocycles. The second kappa shape index (κ2) is 10.3. The second-order valence-electron chi connectivity index (χ2n) is 7.84. The summed E-state index contributed by atoms with van der Waals surface area (Å²) in [7, 11) is 0. The molecule has 3 aromatic rings. The molecule has 2 aromatic carbocycles. The molecule has 0 saturated carbocycles. The van der Waals surface area contributed by atoms with Crippen molar-refractivity contribution < 1.29 is 19.1 Å². The third kappa shape index (κ3) is 5.75. The first-order chi connectivity index (χ1) is 15.2. The molecule has 6 heteroatoms. The number of aliphatic hydroxyl groups is 1. The van der Waals surface area contributed by atoms with E-state index in [-0.39, 0.29) is 25.0 Å². The Morgan fingerprint density at radius 3 is 2.81 bits per heavy atom. The van der Waals surface area contributed by atoms with Crippen LogP contribution in [0, 0.1) is 5.92 Å². The Balaban J connectivity index is 1.32. The van der Waals surface area contributed by atoms with Crippen molar-refractivity contribution in [1.82, 2.24) is 4.90 Å². The number of nitrogens with one attached hydrogen (secondary N) is 1. The number of likely N-dealkylation sites (tertiary alicyclic amines) is 1. The molecule has 1 unspecified atom stereocenters. The highest BCUT2D eigenvalue weighted by Crippen LogP contribution is 2.24. The van der Waals surface area contributed by atoms with Gasteiger partial charge in [-0.1, -0.05) is 12.1 Å². The SMILES string of the molecule is O=C(Nc1ccc(-c2ccco2)cc1)C1CCCN(Cc2cccc(OCCO)c2)C1. The highest BCUT2D eigenvalue weighted by molar-refractivity contribution is 5.93. The lowest BCUT2D eigenvalue weighted by Gasteiger charge is -2.32. The smallest absolute Gasteiger partial charge is 0.228 e. The van der Waals surface area contributed by atoms with E-state index in [1.165, 1.54) is 0 Å². The molecule has 31 heavy (non-hydrogen) atoms. The number of hydrogen-bond donors (Lipinski definition) is 2. The predicted octanol–water partition coefficient (Wildman–Crippen LogP) is 4.17. The molecule has 1 fully saturated rings. The predicted molar refractivity (Wildman–Crippen MR) is 120 cm³/mol. The minimum Gasteiger partial charge on any atom is -0.491 e. The van der Waals surface area contributed by atoms with Crippen molar-refractivity contribution >= 4 is 11.6 Å². The van der Waals surface area contributed by atoms with E-state index in [9.17, 15) is 4.79 Å². The quantitative estimate of drug-likeness (QED) is 0.572. The van der Waals surface area contributed by atoms with Gasteiger partial charge in [0.1, 0.15) is 18.1 Å². The topological polar surface area (TPSA) is 74.9 Å². The minimum absolute atomic E-state index is 0.00127. The maximum Gasteiger partial charge on any atom is 0.228 e. The molecule has 2 N–H and O–H groups in total. The van der Waals surface area contributed by atoms with Crippen LogP contribution in [-0.4, -0.2) is 42.2 Å². The second-order valence-corrected chi connectivity index (χ2v) is 7.84. The van der Waals surface area contributed by atoms with Gasteiger partial charge in [-0.05, 0) is 73.5 Å². The Morgan fingerprint density at radius 2 is 2.03 bits per heavy atom. The van der Waals surface area contributed by atoms with Crippen LogP contribution < -0.4 is 10.1 Å². The fourth-order valence-corrected chi connectivity index (χ4v) is 3.97. The molecule has 0 spiro atoms. The molecule has 162 valence electrons. The minimum atomic E-state index is -0.0349. The number of amides is 1. The van der Waals surface area contributed by atoms with Gasteiger partial charge >= 0.3 is 0 Å². The van der Waals surface area contributed by atoms with Crippen molar-refractivity contribution in [3.8, 4) is 17.1 Å². The number of piperidine rings is 1. The Kier molecular flexibility index (Phi) is 7.02. The van der Waals surface area contributed by atoms with Crippen LogP contribution in [0.3, 0.4) is 0 Å². The van der Waals surface area contributed by atoms with E-state index in [1.807, 2.05) is 54.6 Å². The van der Waals surface area contributed by atoms with Crippen molar-refractivity contribution in [2.24, 2.45) is 5.92 Å². The zero-order chi connectivity index (χ0) is 21.5. The maximum atomic E-state index is 12.9. The molecule has 1 saturated heterocycles. The number of furan rings is 1. The summed E-state index contributed by atoms with van der Waals surface area (Å²) in [5.74, 6) is 1.60. The molecule has 0 bridgehead atoms. The Labute approximate surface area is 182 Å². The van der Waals surface area contributed by atoms with Gasteiger partial charge in [0.15, 0.2) is 0 Å². The van der Waals surface area contributed by atoms with E-state index in [2.05, 4.69) is 16.3 Å². The molecule has 6 nitrogen and oxygen atoms in total. The summed E-state index contributed by atoms with van der Waals surface area (Å²) in [6, 6.07) is 19.4. The number of anilines is 1. The number of carbonyl (C=O) groups excluding carboxylic acids is 1. The van der Waals surface area contributed by atoms with Crippen molar-refractivity contribution in [3.05, 3.63) is 72.5 Å². The van der Waals surface area contributed by atoms with E-state index >= 15 is 0 Å². The van der Waals surface area contributed by atoms with Gasteiger partial charge < -0.3 is 19.6 Å². The molecular weight excluding hydrogens is 392 g/mol. The van der Waals surface area contributed by atoms with E-state index < -0.39 is 0 Å². The fraction of sp³-hybridized carbons (Fsp3) is 0.320. The van der Waals surface area contributed by atoms with Gasteiger partial charge in [0.2, 0.25) is 5.91 Å². The number of hydrogen-bond acceptors (Lipinski definition) is 5. The molecule has 1 aliphatic heterocycles. The van der Waals surface area contributed by atoms with Crippen LogP contribution in [-0.2, 0) is 11.3 Å². The normalized spacial score (nSPS) is 16.7. The summed E-state index contributed by atoms with van der Waals surface area (Å²) in [6.45, 7) is 2.77. The molecule has 1 aliphatic rings. The van der Waals surface area contributed by atoms with E-state index in [0.29, 0.717) is 0 Å². The molecule has 1 atom stereocenters. The summed E-state index contributed by atoms with van der Waals surface area (Å²) in [5.41, 5.74) is 2.92. The third-order valence-electron chi connectivity index (χ3n) is 5.50. The monoisotopic (exact) mass is 420 g/mol. The standard InChI is InChI=1S/C25H28N2O4/c28-13-15-30-23-6-1-4-19(16-23)17-27-12-2-5-21(18-27)25(29)26-22-10-8-20(9-11-22)24-7-3-14-31-24/h1,3-4,6-11,14,16,21,28H,2,5,12-13,15,17-18H2,(H,26,29). The summed E-state index contributed by atoms with van der Waals surface area (Å²) in [6.07, 6.45) is 3.54. The van der Waals surface area contributed by atoms with Gasteiger partial charge in [0, 0.05) is 24.3 Å². The lowest BCUT2D eigenvalue weighted by Crippen LogP contribution is -2.40. The Hall–Kier alpha value is -3.09. The summed E-state index contributed by atoms with van der Waals surface area (Å²) in [4.78, 5) is 15.2. The number of benzene rings is 2. The van der Waals surface area contributed by atoms with Crippen molar-refractivity contribution in [2.45, 2.75) is 19.4 Å². The Bertz CT molecular complexity index is 969. The van der Waals surface area contributed by atoms with Crippen LogP contribution in [0.1, 0.15) is 18.4 Å². The largest absolute Gasteiger partial charge is 0.491 e. The lowest BCUT2D eigenvalue weighted by molar-refractivity contribution is -0.121. The number of rotatable bonds is 8. The average molecular weight is 421 g/mol. The summed E-state index contributed by atoms with van der Waals surface area (Å²) in [5, 5.41) is 12.0. The summed E-state index contributed by atoms with van der Waals surface area (Å²) < 4.78 is 10.9. The highest BCUT2D eigenvalue weighted by Gasteiger charge is 2.26. The lowest BCUT2D eigenvalue weighted by atomic mass is 9.96. The maximum absolute atomic E-state index is 12.9. The Morgan fingerprint density at radius 1 is 1.16 bits per heavy atom. The van der Waals surface area contributed by atoms with Gasteiger partial charge in [-0.15, -0.1) is 0 Å². The number of nitrogens with zero attached hydrogens (tertiary/aromatic N) is 1. The van der Waals surface area contributed by atoms with Gasteiger partial charge in [-0.25, -0.2) is 0 Å². The van der Waals surface area contributed by atoms with Crippen LogP contribution in [0.5, 0.6) is 5.75 Å². The molecule has 1 amide bonds. The molecular formula is C25H28N2O4. The van der Waals surface area contributed by atoms with Crippen molar-refractivity contribution in [1.29, 1.82) is 0 Å². The van der Waals surface area contributed by atoms with E-state index in [0.717, 1.165) is 60.8 Å². The van der Waals surface area contributed by atoms with Gasteiger partial charge in [0.05, 0.1) is 18.8 Å².